The second-order valence-electron chi connectivity index (χ2n) is 4.04. The van der Waals surface area contributed by atoms with Gasteiger partial charge in [0, 0.05) is 24.5 Å². The third kappa shape index (κ3) is 4.71. The van der Waals surface area contributed by atoms with Crippen LogP contribution in [0.1, 0.15) is 17.3 Å². The number of nitrogens with one attached hydrogen (secondary N) is 2. The summed E-state index contributed by atoms with van der Waals surface area (Å²) in [4.78, 5) is 11.6. The normalized spacial score (nSPS) is 11.1. The van der Waals surface area contributed by atoms with Gasteiger partial charge in [-0.2, -0.15) is 0 Å². The molecule has 0 spiro atoms. The van der Waals surface area contributed by atoms with Gasteiger partial charge in [-0.25, -0.2) is 17.9 Å². The van der Waals surface area contributed by atoms with Crippen LogP contribution in [0.4, 0.5) is 11.4 Å². The molecule has 20 heavy (non-hydrogen) atoms. The van der Waals surface area contributed by atoms with Crippen molar-refractivity contribution < 1.29 is 17.9 Å². The van der Waals surface area contributed by atoms with Crippen LogP contribution in [0.5, 0.6) is 0 Å². The zero-order valence-corrected chi connectivity index (χ0v) is 12.3. The van der Waals surface area contributed by atoms with Gasteiger partial charge in [-0.3, -0.25) is 0 Å². The number of nitrogens with two attached hydrogens (primary N) is 1. The second kappa shape index (κ2) is 7.11. The Kier molecular flexibility index (Phi) is 5.78. The van der Waals surface area contributed by atoms with Crippen LogP contribution in [0.2, 0.25) is 0 Å². The number of nitrogen functional groups attached to an aromatic ring is 1. The van der Waals surface area contributed by atoms with Crippen LogP contribution in [-0.4, -0.2) is 40.3 Å². The quantitative estimate of drug-likeness (QED) is 0.497. The minimum Gasteiger partial charge on any atom is -0.465 e. The Bertz CT molecular complexity index is 572. The lowest BCUT2D eigenvalue weighted by molar-refractivity contribution is 0.0602. The van der Waals surface area contributed by atoms with E-state index in [2.05, 4.69) is 14.8 Å². The number of methoxy groups -OCH3 is 1. The Morgan fingerprint density at radius 3 is 2.70 bits per heavy atom. The van der Waals surface area contributed by atoms with Crippen molar-refractivity contribution >= 4 is 27.4 Å². The fourth-order valence-corrected chi connectivity index (χ4v) is 2.56. The number of esters is 1. The maximum absolute atomic E-state index is 11.6. The minimum atomic E-state index is -3.30. The maximum atomic E-state index is 11.6. The summed E-state index contributed by atoms with van der Waals surface area (Å²) < 4.78 is 30.0. The van der Waals surface area contributed by atoms with Gasteiger partial charge in [-0.15, -0.1) is 0 Å². The van der Waals surface area contributed by atoms with E-state index in [0.29, 0.717) is 17.9 Å². The highest BCUT2D eigenvalue weighted by molar-refractivity contribution is 7.89. The molecule has 7 nitrogen and oxygen atoms in total. The monoisotopic (exact) mass is 301 g/mol. The predicted octanol–water partition coefficient (Wildman–Crippen LogP) is 0.407. The molecule has 112 valence electrons. The average Bonchev–Trinajstić information content (AvgIpc) is 2.39. The number of anilines is 2. The molecule has 0 saturated heterocycles. The molecule has 0 aromatic heterocycles. The molecule has 0 amide bonds. The highest BCUT2D eigenvalue weighted by atomic mass is 32.2. The number of ether oxygens (including phenoxy) is 1. The van der Waals surface area contributed by atoms with Crippen molar-refractivity contribution in [1.82, 2.24) is 4.72 Å². The Labute approximate surface area is 118 Å². The molecule has 0 fully saturated rings. The van der Waals surface area contributed by atoms with E-state index in [1.165, 1.54) is 13.2 Å². The Hall–Kier alpha value is -1.80. The molecule has 1 aromatic carbocycles. The first-order valence-electron chi connectivity index (χ1n) is 6.08. The average molecular weight is 301 g/mol. The first-order valence-corrected chi connectivity index (χ1v) is 7.74. The van der Waals surface area contributed by atoms with E-state index in [1.807, 2.05) is 0 Å². The lowest BCUT2D eigenvalue weighted by Crippen LogP contribution is -2.29. The summed E-state index contributed by atoms with van der Waals surface area (Å²) >= 11 is 0. The molecule has 0 bridgehead atoms. The molecule has 0 heterocycles. The molecule has 0 aliphatic rings. The highest BCUT2D eigenvalue weighted by Gasteiger charge is 2.13. The van der Waals surface area contributed by atoms with E-state index in [1.54, 1.807) is 19.1 Å². The topological polar surface area (TPSA) is 111 Å². The van der Waals surface area contributed by atoms with Crippen LogP contribution in [0.3, 0.4) is 0 Å². The van der Waals surface area contributed by atoms with Crippen LogP contribution in [0, 0.1) is 0 Å². The number of carbonyl (C=O) groups is 1. The van der Waals surface area contributed by atoms with Crippen LogP contribution in [-0.2, 0) is 14.8 Å². The highest BCUT2D eigenvalue weighted by Crippen LogP contribution is 2.19. The smallest absolute Gasteiger partial charge is 0.340 e. The van der Waals surface area contributed by atoms with Crippen molar-refractivity contribution in [3.8, 4) is 0 Å². The summed E-state index contributed by atoms with van der Waals surface area (Å²) in [6.07, 6.45) is 0. The van der Waals surface area contributed by atoms with Gasteiger partial charge in [0.25, 0.3) is 0 Å². The first kappa shape index (κ1) is 16.3. The molecule has 0 atom stereocenters. The first-order chi connectivity index (χ1) is 9.39. The Morgan fingerprint density at radius 1 is 1.40 bits per heavy atom. The molecular formula is C12H19N3O4S. The van der Waals surface area contributed by atoms with Crippen molar-refractivity contribution in [2.45, 2.75) is 6.92 Å². The van der Waals surface area contributed by atoms with E-state index < -0.39 is 16.0 Å². The lowest BCUT2D eigenvalue weighted by atomic mass is 10.1. The molecule has 0 radical (unpaired) electrons. The number of benzene rings is 1. The molecule has 0 aliphatic heterocycles. The van der Waals surface area contributed by atoms with Crippen molar-refractivity contribution in [3.05, 3.63) is 23.8 Å². The van der Waals surface area contributed by atoms with Crippen LogP contribution < -0.4 is 15.8 Å². The standard InChI is InChI=1S/C12H19N3O4S/c1-3-15-20(17,18)7-6-14-11-5-4-9(13)8-10(11)12(16)19-2/h4-5,8,14-15H,3,6-7,13H2,1-2H3. The summed E-state index contributed by atoms with van der Waals surface area (Å²) in [5, 5.41) is 2.89. The van der Waals surface area contributed by atoms with Gasteiger partial charge in [0.2, 0.25) is 10.0 Å². The molecule has 0 aliphatic carbocycles. The molecule has 8 heteroatoms. The van der Waals surface area contributed by atoms with Crippen molar-refractivity contribution in [2.24, 2.45) is 0 Å². The second-order valence-corrected chi connectivity index (χ2v) is 5.97. The Morgan fingerprint density at radius 2 is 2.10 bits per heavy atom. The molecule has 0 saturated carbocycles. The number of carbonyl (C=O) groups excluding carboxylic acids is 1. The van der Waals surface area contributed by atoms with Gasteiger partial charge < -0.3 is 15.8 Å². The number of hydrogen-bond donors (Lipinski definition) is 3. The summed E-state index contributed by atoms with van der Waals surface area (Å²) in [5.74, 6) is -0.624. The summed E-state index contributed by atoms with van der Waals surface area (Å²) in [7, 11) is -2.03. The van der Waals surface area contributed by atoms with Gasteiger partial charge in [0.1, 0.15) is 0 Å². The lowest BCUT2D eigenvalue weighted by Gasteiger charge is -2.11. The number of sulfonamides is 1. The van der Waals surface area contributed by atoms with Gasteiger partial charge >= 0.3 is 5.97 Å². The van der Waals surface area contributed by atoms with E-state index in [9.17, 15) is 13.2 Å². The molecule has 4 N–H and O–H groups in total. The van der Waals surface area contributed by atoms with E-state index in [0.717, 1.165) is 0 Å². The van der Waals surface area contributed by atoms with E-state index >= 15 is 0 Å². The predicted molar refractivity (Wildman–Crippen MR) is 78.1 cm³/mol. The molecule has 1 rings (SSSR count). The van der Waals surface area contributed by atoms with Crippen molar-refractivity contribution in [2.75, 3.05) is 37.0 Å². The zero-order chi connectivity index (χ0) is 15.2. The third-order valence-corrected chi connectivity index (χ3v) is 3.97. The van der Waals surface area contributed by atoms with Gasteiger partial charge in [-0.05, 0) is 18.2 Å². The van der Waals surface area contributed by atoms with Crippen LogP contribution in [0.25, 0.3) is 0 Å². The van der Waals surface area contributed by atoms with E-state index in [-0.39, 0.29) is 17.9 Å². The van der Waals surface area contributed by atoms with Gasteiger partial charge in [0.15, 0.2) is 0 Å². The zero-order valence-electron chi connectivity index (χ0n) is 11.5. The van der Waals surface area contributed by atoms with Gasteiger partial charge in [-0.1, -0.05) is 6.92 Å². The minimum absolute atomic E-state index is 0.0914. The van der Waals surface area contributed by atoms with E-state index in [4.69, 9.17) is 5.73 Å². The fourth-order valence-electron chi connectivity index (χ4n) is 1.61. The van der Waals surface area contributed by atoms with Crippen molar-refractivity contribution in [1.29, 1.82) is 0 Å². The number of rotatable bonds is 7. The largest absolute Gasteiger partial charge is 0.465 e. The van der Waals surface area contributed by atoms with Crippen LogP contribution >= 0.6 is 0 Å². The molecular weight excluding hydrogens is 282 g/mol. The molecule has 1 aromatic rings. The third-order valence-electron chi connectivity index (χ3n) is 2.50. The van der Waals surface area contributed by atoms with Gasteiger partial charge in [0.05, 0.1) is 18.4 Å². The summed E-state index contributed by atoms with van der Waals surface area (Å²) in [6, 6.07) is 4.71. The maximum Gasteiger partial charge on any atom is 0.340 e. The Balaban J connectivity index is 2.76. The SMILES string of the molecule is CCNS(=O)(=O)CCNc1ccc(N)cc1C(=O)OC. The summed E-state index contributed by atoms with van der Waals surface area (Å²) in [6.45, 7) is 2.22. The fraction of sp³-hybridized carbons (Fsp3) is 0.417. The number of hydrogen-bond acceptors (Lipinski definition) is 6. The van der Waals surface area contributed by atoms with Crippen molar-refractivity contribution in [3.63, 3.8) is 0 Å². The summed E-state index contributed by atoms with van der Waals surface area (Å²) in [5.41, 5.74) is 6.80. The van der Waals surface area contributed by atoms with Crippen LogP contribution in [0.15, 0.2) is 18.2 Å². The molecule has 0 unspecified atom stereocenters.